The van der Waals surface area contributed by atoms with E-state index in [0.717, 1.165) is 6.07 Å². The second kappa shape index (κ2) is 5.43. The van der Waals surface area contributed by atoms with E-state index in [2.05, 4.69) is 4.74 Å². The Balaban J connectivity index is 3.27. The number of rotatable bonds is 3. The molecule has 0 radical (unpaired) electrons. The standard InChI is InChI=1S/C12H13Cl2FO3/c1-6(11(16)18-3)12(2,17)7-4-10(15)9(14)5-8(7)13/h4-6,17H,1-3H3. The molecule has 0 aromatic heterocycles. The zero-order chi connectivity index (χ0) is 14.1. The summed E-state index contributed by atoms with van der Waals surface area (Å²) in [5.74, 6) is -2.24. The molecule has 0 saturated heterocycles. The van der Waals surface area contributed by atoms with Crippen molar-refractivity contribution in [3.63, 3.8) is 0 Å². The number of aliphatic hydroxyl groups is 1. The Morgan fingerprint density at radius 3 is 2.50 bits per heavy atom. The molecule has 2 unspecified atom stereocenters. The van der Waals surface area contributed by atoms with Gasteiger partial charge in [-0.05, 0) is 26.0 Å². The third-order valence-electron chi connectivity index (χ3n) is 2.95. The van der Waals surface area contributed by atoms with Crippen LogP contribution in [0.15, 0.2) is 12.1 Å². The number of carbonyl (C=O) groups is 1. The number of methoxy groups -OCH3 is 1. The summed E-state index contributed by atoms with van der Waals surface area (Å²) in [6, 6.07) is 2.20. The van der Waals surface area contributed by atoms with E-state index < -0.39 is 23.3 Å². The van der Waals surface area contributed by atoms with Crippen LogP contribution in [0.4, 0.5) is 4.39 Å². The molecule has 1 N–H and O–H groups in total. The Kier molecular flexibility index (Phi) is 4.59. The van der Waals surface area contributed by atoms with Gasteiger partial charge in [0.05, 0.1) is 18.1 Å². The molecular formula is C12H13Cl2FO3. The lowest BCUT2D eigenvalue weighted by Gasteiger charge is -2.29. The van der Waals surface area contributed by atoms with Gasteiger partial charge in [0.15, 0.2) is 0 Å². The van der Waals surface area contributed by atoms with Gasteiger partial charge in [-0.3, -0.25) is 4.79 Å². The summed E-state index contributed by atoms with van der Waals surface area (Å²) in [5.41, 5.74) is -1.57. The molecule has 6 heteroatoms. The van der Waals surface area contributed by atoms with Gasteiger partial charge in [-0.25, -0.2) is 4.39 Å². The predicted molar refractivity (Wildman–Crippen MR) is 67.2 cm³/mol. The van der Waals surface area contributed by atoms with Gasteiger partial charge in [-0.15, -0.1) is 0 Å². The molecule has 100 valence electrons. The highest BCUT2D eigenvalue weighted by atomic mass is 35.5. The van der Waals surface area contributed by atoms with E-state index in [4.69, 9.17) is 23.2 Å². The fourth-order valence-electron chi connectivity index (χ4n) is 1.55. The van der Waals surface area contributed by atoms with Crippen LogP contribution in [0.3, 0.4) is 0 Å². The van der Waals surface area contributed by atoms with Crippen LogP contribution in [-0.4, -0.2) is 18.2 Å². The van der Waals surface area contributed by atoms with E-state index in [1.807, 2.05) is 0 Å². The third kappa shape index (κ3) is 2.76. The molecule has 0 aliphatic heterocycles. The highest BCUT2D eigenvalue weighted by Gasteiger charge is 2.38. The molecule has 0 amide bonds. The molecule has 1 rings (SSSR count). The summed E-state index contributed by atoms with van der Waals surface area (Å²) in [6.45, 7) is 2.83. The average molecular weight is 295 g/mol. The molecule has 3 nitrogen and oxygen atoms in total. The largest absolute Gasteiger partial charge is 0.469 e. The van der Waals surface area contributed by atoms with E-state index in [-0.39, 0.29) is 15.6 Å². The van der Waals surface area contributed by atoms with Crippen LogP contribution in [0.2, 0.25) is 10.0 Å². The molecular weight excluding hydrogens is 282 g/mol. The molecule has 0 saturated carbocycles. The van der Waals surface area contributed by atoms with Gasteiger partial charge < -0.3 is 9.84 Å². The van der Waals surface area contributed by atoms with Gasteiger partial charge in [0.1, 0.15) is 11.4 Å². The maximum atomic E-state index is 13.4. The molecule has 0 heterocycles. The van der Waals surface area contributed by atoms with Crippen LogP contribution in [0, 0.1) is 11.7 Å². The number of ether oxygens (including phenoxy) is 1. The summed E-state index contributed by atoms with van der Waals surface area (Å²) in [5, 5.41) is 10.3. The second-order valence-corrected chi connectivity index (χ2v) is 4.95. The van der Waals surface area contributed by atoms with Gasteiger partial charge in [0.25, 0.3) is 0 Å². The lowest BCUT2D eigenvalue weighted by atomic mass is 9.84. The molecule has 1 aromatic rings. The lowest BCUT2D eigenvalue weighted by molar-refractivity contribution is -0.154. The van der Waals surface area contributed by atoms with Crippen molar-refractivity contribution in [1.29, 1.82) is 0 Å². The molecule has 0 aliphatic rings. The minimum Gasteiger partial charge on any atom is -0.469 e. The van der Waals surface area contributed by atoms with Crippen molar-refractivity contribution >= 4 is 29.2 Å². The van der Waals surface area contributed by atoms with Crippen LogP contribution in [0.1, 0.15) is 19.4 Å². The Bertz CT molecular complexity index is 475. The molecule has 0 fully saturated rings. The van der Waals surface area contributed by atoms with E-state index in [1.165, 1.54) is 27.0 Å². The Labute approximate surface area is 114 Å². The SMILES string of the molecule is COC(=O)C(C)C(C)(O)c1cc(F)c(Cl)cc1Cl. The quantitative estimate of drug-likeness (QED) is 0.688. The first-order valence-corrected chi connectivity index (χ1v) is 5.92. The first-order valence-electron chi connectivity index (χ1n) is 5.17. The fraction of sp³-hybridized carbons (Fsp3) is 0.417. The summed E-state index contributed by atoms with van der Waals surface area (Å²) in [6.07, 6.45) is 0. The second-order valence-electron chi connectivity index (χ2n) is 4.14. The first kappa shape index (κ1) is 15.2. The number of benzene rings is 1. The molecule has 0 spiro atoms. The van der Waals surface area contributed by atoms with Crippen molar-refractivity contribution in [3.05, 3.63) is 33.6 Å². The van der Waals surface area contributed by atoms with Crippen LogP contribution in [0.5, 0.6) is 0 Å². The first-order chi connectivity index (χ1) is 8.21. The van der Waals surface area contributed by atoms with Crippen molar-refractivity contribution in [1.82, 2.24) is 0 Å². The maximum absolute atomic E-state index is 13.4. The topological polar surface area (TPSA) is 46.5 Å². The van der Waals surface area contributed by atoms with Crippen molar-refractivity contribution in [2.75, 3.05) is 7.11 Å². The van der Waals surface area contributed by atoms with Crippen molar-refractivity contribution in [2.45, 2.75) is 19.4 Å². The highest BCUT2D eigenvalue weighted by Crippen LogP contribution is 2.37. The molecule has 1 aromatic carbocycles. The van der Waals surface area contributed by atoms with Crippen LogP contribution < -0.4 is 0 Å². The number of hydrogen-bond donors (Lipinski definition) is 1. The normalized spacial score (nSPS) is 15.9. The summed E-state index contributed by atoms with van der Waals surface area (Å²) < 4.78 is 18.0. The molecule has 0 bridgehead atoms. The minimum atomic E-state index is -1.66. The molecule has 0 aliphatic carbocycles. The van der Waals surface area contributed by atoms with Gasteiger partial charge in [-0.2, -0.15) is 0 Å². The smallest absolute Gasteiger partial charge is 0.311 e. The molecule has 2 atom stereocenters. The number of hydrogen-bond acceptors (Lipinski definition) is 3. The van der Waals surface area contributed by atoms with E-state index in [9.17, 15) is 14.3 Å². The van der Waals surface area contributed by atoms with Gasteiger partial charge in [-0.1, -0.05) is 23.2 Å². The predicted octanol–water partition coefficient (Wildman–Crippen LogP) is 3.15. The zero-order valence-electron chi connectivity index (χ0n) is 10.1. The lowest BCUT2D eigenvalue weighted by Crippen LogP contribution is -2.36. The third-order valence-corrected chi connectivity index (χ3v) is 3.56. The van der Waals surface area contributed by atoms with Crippen LogP contribution in [-0.2, 0) is 15.1 Å². The number of halogens is 3. The molecule has 18 heavy (non-hydrogen) atoms. The van der Waals surface area contributed by atoms with Gasteiger partial charge in [0, 0.05) is 10.6 Å². The van der Waals surface area contributed by atoms with Crippen molar-refractivity contribution in [3.8, 4) is 0 Å². The van der Waals surface area contributed by atoms with Gasteiger partial charge >= 0.3 is 5.97 Å². The zero-order valence-corrected chi connectivity index (χ0v) is 11.6. The average Bonchev–Trinajstić information content (AvgIpc) is 2.31. The van der Waals surface area contributed by atoms with E-state index in [0.29, 0.717) is 0 Å². The van der Waals surface area contributed by atoms with Crippen molar-refractivity contribution < 1.29 is 19.0 Å². The van der Waals surface area contributed by atoms with Crippen LogP contribution >= 0.6 is 23.2 Å². The Hall–Kier alpha value is -0.840. The number of carbonyl (C=O) groups excluding carboxylic acids is 1. The fourth-order valence-corrected chi connectivity index (χ4v) is 2.12. The van der Waals surface area contributed by atoms with E-state index in [1.54, 1.807) is 0 Å². The van der Waals surface area contributed by atoms with Crippen LogP contribution in [0.25, 0.3) is 0 Å². The summed E-state index contributed by atoms with van der Waals surface area (Å²) >= 11 is 11.5. The van der Waals surface area contributed by atoms with Crippen molar-refractivity contribution in [2.24, 2.45) is 5.92 Å². The maximum Gasteiger partial charge on any atom is 0.311 e. The van der Waals surface area contributed by atoms with E-state index >= 15 is 0 Å². The van der Waals surface area contributed by atoms with Gasteiger partial charge in [0.2, 0.25) is 0 Å². The Morgan fingerprint density at radius 2 is 2.00 bits per heavy atom. The Morgan fingerprint density at radius 1 is 1.44 bits per heavy atom. The summed E-state index contributed by atoms with van der Waals surface area (Å²) in [7, 11) is 1.21. The summed E-state index contributed by atoms with van der Waals surface area (Å²) in [4.78, 5) is 11.4. The highest BCUT2D eigenvalue weighted by molar-refractivity contribution is 6.35. The minimum absolute atomic E-state index is 0.0853. The number of esters is 1. The monoisotopic (exact) mass is 294 g/mol.